The summed E-state index contributed by atoms with van der Waals surface area (Å²) in [5, 5.41) is 12.7. The van der Waals surface area contributed by atoms with E-state index in [-0.39, 0.29) is 24.3 Å². The highest BCUT2D eigenvalue weighted by Gasteiger charge is 2.46. The standard InChI is InChI=1S/C19H18F2N4O5/c20-11-3-2-10(13(21)6-11)7-23-17(28)12-8-24-9-19(22)25(4-1-5-30-19)18(29)14(24)16(27)15(12)26/h2-3,6,8,27H,1,4-5,7,9,22H2,(H,23,28)/t19-/m1/s1. The van der Waals surface area contributed by atoms with Gasteiger partial charge in [0.05, 0.1) is 13.2 Å². The summed E-state index contributed by atoms with van der Waals surface area (Å²) < 4.78 is 33.5. The van der Waals surface area contributed by atoms with Crippen LogP contribution in [0.4, 0.5) is 8.78 Å². The largest absolute Gasteiger partial charge is 0.503 e. The van der Waals surface area contributed by atoms with Gasteiger partial charge in [0.25, 0.3) is 11.8 Å². The molecule has 3 heterocycles. The molecule has 9 nitrogen and oxygen atoms in total. The average Bonchev–Trinajstić information content (AvgIpc) is 2.69. The Morgan fingerprint density at radius 1 is 1.33 bits per heavy atom. The molecule has 2 aliphatic heterocycles. The van der Waals surface area contributed by atoms with Crippen LogP contribution < -0.4 is 16.5 Å². The Balaban J connectivity index is 1.65. The van der Waals surface area contributed by atoms with Gasteiger partial charge in [-0.25, -0.2) is 8.78 Å². The maximum absolute atomic E-state index is 13.7. The fraction of sp³-hybridized carbons (Fsp3) is 0.316. The van der Waals surface area contributed by atoms with Gasteiger partial charge in [-0.05, 0) is 12.5 Å². The lowest BCUT2D eigenvalue weighted by Crippen LogP contribution is -2.68. The first-order chi connectivity index (χ1) is 14.2. The predicted octanol–water partition coefficient (Wildman–Crippen LogP) is 0.251. The lowest BCUT2D eigenvalue weighted by molar-refractivity contribution is -0.176. The number of nitrogens with two attached hydrogens (primary N) is 1. The van der Waals surface area contributed by atoms with Crippen LogP contribution in [0.5, 0.6) is 5.75 Å². The molecule has 2 amide bonds. The van der Waals surface area contributed by atoms with Crippen LogP contribution in [0.25, 0.3) is 0 Å². The molecule has 0 unspecified atom stereocenters. The van der Waals surface area contributed by atoms with E-state index in [0.717, 1.165) is 18.3 Å². The normalized spacial score (nSPS) is 20.5. The molecule has 30 heavy (non-hydrogen) atoms. The molecule has 0 radical (unpaired) electrons. The van der Waals surface area contributed by atoms with Crippen LogP contribution in [-0.4, -0.2) is 45.4 Å². The van der Waals surface area contributed by atoms with E-state index in [1.54, 1.807) is 0 Å². The number of aromatic nitrogens is 1. The Hall–Kier alpha value is -3.31. The number of nitrogens with zero attached hydrogens (tertiary/aromatic N) is 2. The fourth-order valence-electron chi connectivity index (χ4n) is 3.61. The predicted molar refractivity (Wildman–Crippen MR) is 98.4 cm³/mol. The van der Waals surface area contributed by atoms with E-state index in [9.17, 15) is 28.3 Å². The number of carbonyl (C=O) groups excluding carboxylic acids is 2. The number of benzene rings is 1. The number of pyridine rings is 1. The first kappa shape index (κ1) is 20.0. The molecular weight excluding hydrogens is 402 g/mol. The second kappa shape index (κ2) is 7.18. The molecule has 4 N–H and O–H groups in total. The van der Waals surface area contributed by atoms with E-state index in [4.69, 9.17) is 10.5 Å². The van der Waals surface area contributed by atoms with Gasteiger partial charge >= 0.3 is 0 Å². The molecule has 158 valence electrons. The number of halogens is 2. The maximum Gasteiger partial charge on any atom is 0.277 e. The zero-order chi connectivity index (χ0) is 21.6. The first-order valence-electron chi connectivity index (χ1n) is 9.14. The van der Waals surface area contributed by atoms with Crippen LogP contribution in [0.1, 0.15) is 32.8 Å². The second-order valence-corrected chi connectivity index (χ2v) is 7.12. The highest BCUT2D eigenvalue weighted by Crippen LogP contribution is 2.30. The van der Waals surface area contributed by atoms with E-state index >= 15 is 0 Å². The van der Waals surface area contributed by atoms with E-state index in [1.165, 1.54) is 9.47 Å². The molecule has 1 aromatic heterocycles. The highest BCUT2D eigenvalue weighted by molar-refractivity contribution is 5.99. The number of fused-ring (bicyclic) bond motifs is 2. The Labute approximate surface area is 168 Å². The monoisotopic (exact) mass is 420 g/mol. The van der Waals surface area contributed by atoms with Gasteiger partial charge in [0.2, 0.25) is 11.3 Å². The molecule has 2 aliphatic rings. The number of nitrogens with one attached hydrogen (secondary N) is 1. The van der Waals surface area contributed by atoms with Crippen molar-refractivity contribution in [3.05, 3.63) is 63.1 Å². The number of carbonyl (C=O) groups is 2. The lowest BCUT2D eigenvalue weighted by Gasteiger charge is -2.47. The van der Waals surface area contributed by atoms with Gasteiger partial charge in [0.15, 0.2) is 11.4 Å². The molecule has 2 aromatic rings. The van der Waals surface area contributed by atoms with Crippen LogP contribution in [0.2, 0.25) is 0 Å². The summed E-state index contributed by atoms with van der Waals surface area (Å²) in [5.74, 6) is -5.55. The van der Waals surface area contributed by atoms with Crippen molar-refractivity contribution >= 4 is 11.8 Å². The van der Waals surface area contributed by atoms with Crippen LogP contribution >= 0.6 is 0 Å². The Kier molecular flexibility index (Phi) is 4.79. The molecule has 1 fully saturated rings. The maximum atomic E-state index is 13.7. The zero-order valence-electron chi connectivity index (χ0n) is 15.7. The Bertz CT molecular complexity index is 1120. The van der Waals surface area contributed by atoms with Gasteiger partial charge in [0.1, 0.15) is 17.2 Å². The SMILES string of the molecule is N[C@]12Cn3cc(C(=O)NCc4ccc(F)cc4F)c(=O)c(O)c3C(=O)N1CCCO2. The molecule has 1 atom stereocenters. The molecule has 1 saturated heterocycles. The van der Waals surface area contributed by atoms with Crippen molar-refractivity contribution in [2.24, 2.45) is 5.73 Å². The van der Waals surface area contributed by atoms with Gasteiger partial charge in [-0.1, -0.05) is 6.07 Å². The van der Waals surface area contributed by atoms with Crippen molar-refractivity contribution in [1.82, 2.24) is 14.8 Å². The van der Waals surface area contributed by atoms with Crippen molar-refractivity contribution in [1.29, 1.82) is 0 Å². The van der Waals surface area contributed by atoms with Crippen molar-refractivity contribution in [3.8, 4) is 5.75 Å². The fourth-order valence-corrected chi connectivity index (χ4v) is 3.61. The molecular formula is C19H18F2N4O5. The molecule has 11 heteroatoms. The Morgan fingerprint density at radius 2 is 2.10 bits per heavy atom. The molecule has 4 rings (SSSR count). The minimum atomic E-state index is -1.46. The van der Waals surface area contributed by atoms with Gasteiger partial charge in [0, 0.05) is 30.9 Å². The van der Waals surface area contributed by atoms with Crippen LogP contribution in [0.15, 0.2) is 29.2 Å². The summed E-state index contributed by atoms with van der Waals surface area (Å²) in [5.41, 5.74) is 4.40. The molecule has 1 aromatic carbocycles. The smallest absolute Gasteiger partial charge is 0.277 e. The summed E-state index contributed by atoms with van der Waals surface area (Å²) in [6, 6.07) is 2.86. The molecule has 0 aliphatic carbocycles. The quantitative estimate of drug-likeness (QED) is 0.654. The minimum absolute atomic E-state index is 0.00868. The van der Waals surface area contributed by atoms with Gasteiger partial charge in [-0.15, -0.1) is 0 Å². The van der Waals surface area contributed by atoms with E-state index in [0.29, 0.717) is 25.6 Å². The number of hydrogen-bond acceptors (Lipinski definition) is 6. The van der Waals surface area contributed by atoms with Gasteiger partial charge in [-0.3, -0.25) is 25.0 Å². The van der Waals surface area contributed by atoms with Crippen molar-refractivity contribution in [3.63, 3.8) is 0 Å². The molecule has 0 saturated carbocycles. The summed E-state index contributed by atoms with van der Waals surface area (Å²) in [7, 11) is 0. The summed E-state index contributed by atoms with van der Waals surface area (Å²) in [6.07, 6.45) is 1.66. The summed E-state index contributed by atoms with van der Waals surface area (Å²) in [6.45, 7) is 0.213. The number of hydrogen-bond donors (Lipinski definition) is 3. The minimum Gasteiger partial charge on any atom is -0.503 e. The van der Waals surface area contributed by atoms with Crippen molar-refractivity contribution < 1.29 is 28.2 Å². The number of aromatic hydroxyl groups is 1. The topological polar surface area (TPSA) is 127 Å². The molecule has 0 spiro atoms. The van der Waals surface area contributed by atoms with Crippen LogP contribution in [0, 0.1) is 11.6 Å². The second-order valence-electron chi connectivity index (χ2n) is 7.12. The van der Waals surface area contributed by atoms with E-state index in [1.807, 2.05) is 0 Å². The first-order valence-corrected chi connectivity index (χ1v) is 9.14. The third kappa shape index (κ3) is 3.21. The third-order valence-corrected chi connectivity index (χ3v) is 5.13. The van der Waals surface area contributed by atoms with Crippen LogP contribution in [0.3, 0.4) is 0 Å². The van der Waals surface area contributed by atoms with Gasteiger partial charge < -0.3 is 19.7 Å². The zero-order valence-corrected chi connectivity index (χ0v) is 15.7. The summed E-state index contributed by atoms with van der Waals surface area (Å²) >= 11 is 0. The van der Waals surface area contributed by atoms with Crippen molar-refractivity contribution in [2.75, 3.05) is 13.2 Å². The number of amides is 2. The van der Waals surface area contributed by atoms with Crippen molar-refractivity contribution in [2.45, 2.75) is 25.4 Å². The molecule has 0 bridgehead atoms. The van der Waals surface area contributed by atoms with Gasteiger partial charge in [-0.2, -0.15) is 0 Å². The number of ether oxygens (including phenoxy) is 1. The Morgan fingerprint density at radius 3 is 2.83 bits per heavy atom. The van der Waals surface area contributed by atoms with E-state index in [2.05, 4.69) is 5.32 Å². The summed E-state index contributed by atoms with van der Waals surface area (Å²) in [4.78, 5) is 39.0. The van der Waals surface area contributed by atoms with Crippen LogP contribution in [-0.2, 0) is 17.8 Å². The average molecular weight is 420 g/mol. The third-order valence-electron chi connectivity index (χ3n) is 5.13. The highest BCUT2D eigenvalue weighted by atomic mass is 19.1. The lowest BCUT2D eigenvalue weighted by atomic mass is 10.1. The van der Waals surface area contributed by atoms with E-state index < -0.39 is 46.0 Å². The number of rotatable bonds is 3.